The van der Waals surface area contributed by atoms with Gasteiger partial charge in [0.15, 0.2) is 0 Å². The van der Waals surface area contributed by atoms with Gasteiger partial charge in [0.2, 0.25) is 15.9 Å². The first kappa shape index (κ1) is 20.3. The van der Waals surface area contributed by atoms with Crippen molar-refractivity contribution in [1.82, 2.24) is 9.62 Å². The van der Waals surface area contributed by atoms with Gasteiger partial charge in [0.1, 0.15) is 0 Å². The van der Waals surface area contributed by atoms with Crippen molar-refractivity contribution in [2.45, 2.75) is 12.8 Å². The summed E-state index contributed by atoms with van der Waals surface area (Å²) in [5, 5.41) is 3.29. The number of carbonyl (C=O) groups excluding carboxylic acids is 1. The Hall–Kier alpha value is -1.02. The van der Waals surface area contributed by atoms with Crippen molar-refractivity contribution in [3.05, 3.63) is 29.3 Å². The Kier molecular flexibility index (Phi) is 7.81. The number of sulfonamides is 1. The summed E-state index contributed by atoms with van der Waals surface area (Å²) in [7, 11) is -3.37. The maximum Gasteiger partial charge on any atom is 0.220 e. The van der Waals surface area contributed by atoms with Crippen molar-refractivity contribution < 1.29 is 13.2 Å². The zero-order valence-corrected chi connectivity index (χ0v) is 16.3. The molecule has 0 atom stereocenters. The van der Waals surface area contributed by atoms with Gasteiger partial charge in [-0.3, -0.25) is 4.79 Å². The quantitative estimate of drug-likeness (QED) is 0.668. The second-order valence-corrected chi connectivity index (χ2v) is 8.73. The first-order chi connectivity index (χ1) is 11.9. The molecule has 0 aliphatic carbocycles. The van der Waals surface area contributed by atoms with Gasteiger partial charge in [-0.25, -0.2) is 8.42 Å². The highest BCUT2D eigenvalue weighted by atomic mass is 35.5. The van der Waals surface area contributed by atoms with E-state index in [0.717, 1.165) is 5.69 Å². The summed E-state index contributed by atoms with van der Waals surface area (Å²) in [5.74, 6) is 0.168. The fraction of sp³-hybridized carbons (Fsp3) is 0.562. The molecule has 0 radical (unpaired) electrons. The van der Waals surface area contributed by atoms with Crippen LogP contribution in [0.2, 0.25) is 5.02 Å². The Balaban J connectivity index is 1.79. The molecule has 1 aromatic rings. The van der Waals surface area contributed by atoms with Gasteiger partial charge in [0.05, 0.1) is 5.75 Å². The summed E-state index contributed by atoms with van der Waals surface area (Å²) >= 11 is 11.5. The Morgan fingerprint density at radius 1 is 1.20 bits per heavy atom. The van der Waals surface area contributed by atoms with E-state index in [9.17, 15) is 13.2 Å². The Morgan fingerprint density at radius 2 is 1.92 bits per heavy atom. The molecule has 9 heteroatoms. The van der Waals surface area contributed by atoms with Crippen molar-refractivity contribution in [1.29, 1.82) is 0 Å². The number of piperazine rings is 1. The average molecular weight is 408 g/mol. The molecule has 1 heterocycles. The van der Waals surface area contributed by atoms with E-state index in [2.05, 4.69) is 10.2 Å². The highest BCUT2D eigenvalue weighted by Gasteiger charge is 2.26. The third-order valence-corrected chi connectivity index (χ3v) is 6.40. The number of alkyl halides is 1. The van der Waals surface area contributed by atoms with Crippen molar-refractivity contribution in [3.63, 3.8) is 0 Å². The van der Waals surface area contributed by atoms with Crippen LogP contribution in [0.3, 0.4) is 0 Å². The van der Waals surface area contributed by atoms with Crippen molar-refractivity contribution in [2.75, 3.05) is 49.3 Å². The van der Waals surface area contributed by atoms with Gasteiger partial charge in [0.25, 0.3) is 0 Å². The van der Waals surface area contributed by atoms with Gasteiger partial charge in [-0.2, -0.15) is 4.31 Å². The number of hydrogen-bond acceptors (Lipinski definition) is 4. The van der Waals surface area contributed by atoms with Crippen LogP contribution in [0.4, 0.5) is 5.69 Å². The monoisotopic (exact) mass is 407 g/mol. The molecule has 25 heavy (non-hydrogen) atoms. The van der Waals surface area contributed by atoms with Crippen molar-refractivity contribution in [2.24, 2.45) is 0 Å². The van der Waals surface area contributed by atoms with E-state index >= 15 is 0 Å². The fourth-order valence-corrected chi connectivity index (χ4v) is 4.32. The minimum absolute atomic E-state index is 0.0865. The highest BCUT2D eigenvalue weighted by Crippen LogP contribution is 2.21. The molecule has 1 amide bonds. The number of anilines is 1. The molecule has 2 rings (SSSR count). The van der Waals surface area contributed by atoms with E-state index in [1.165, 1.54) is 4.31 Å². The molecule has 6 nitrogen and oxygen atoms in total. The molecule has 0 aromatic heterocycles. The summed E-state index contributed by atoms with van der Waals surface area (Å²) in [4.78, 5) is 13.6. The summed E-state index contributed by atoms with van der Waals surface area (Å²) < 4.78 is 26.3. The third-order valence-electron chi connectivity index (χ3n) is 4.03. The van der Waals surface area contributed by atoms with E-state index in [1.54, 1.807) is 0 Å². The normalized spacial score (nSPS) is 16.0. The fourth-order valence-electron chi connectivity index (χ4n) is 2.66. The van der Waals surface area contributed by atoms with Gasteiger partial charge < -0.3 is 10.2 Å². The number of rotatable bonds is 8. The highest BCUT2D eigenvalue weighted by molar-refractivity contribution is 7.89. The van der Waals surface area contributed by atoms with Gasteiger partial charge in [-0.05, 0) is 24.6 Å². The maximum atomic E-state index is 12.4. The second kappa shape index (κ2) is 9.62. The minimum Gasteiger partial charge on any atom is -0.369 e. The molecule has 1 saturated heterocycles. The molecule has 0 bridgehead atoms. The van der Waals surface area contributed by atoms with Crippen LogP contribution in [-0.2, 0) is 14.8 Å². The lowest BCUT2D eigenvalue weighted by Gasteiger charge is -2.35. The predicted octanol–water partition coefficient (Wildman–Crippen LogP) is 1.93. The lowest BCUT2D eigenvalue weighted by atomic mass is 10.2. The number of amides is 1. The standard InChI is InChI=1S/C16H23Cl2N3O3S/c17-6-2-5-16(22)19-7-12-25(23,24)21-10-8-20(9-11-21)15-4-1-3-14(18)13-15/h1,3-4,13H,2,5-12H2,(H,19,22). The van der Waals surface area contributed by atoms with Crippen molar-refractivity contribution in [3.8, 4) is 0 Å². The number of nitrogens with zero attached hydrogens (tertiary/aromatic N) is 2. The van der Waals surface area contributed by atoms with Gasteiger partial charge in [-0.1, -0.05) is 17.7 Å². The van der Waals surface area contributed by atoms with E-state index in [4.69, 9.17) is 23.2 Å². The van der Waals surface area contributed by atoms with Gasteiger partial charge in [-0.15, -0.1) is 11.6 Å². The Labute approximate surface area is 159 Å². The molecule has 0 unspecified atom stereocenters. The second-order valence-electron chi connectivity index (χ2n) is 5.82. The lowest BCUT2D eigenvalue weighted by Crippen LogP contribution is -2.50. The van der Waals surface area contributed by atoms with Crippen LogP contribution in [0.25, 0.3) is 0 Å². The molecule has 1 aromatic carbocycles. The predicted molar refractivity (Wildman–Crippen MR) is 102 cm³/mol. The van der Waals surface area contributed by atoms with E-state index in [0.29, 0.717) is 49.9 Å². The molecular weight excluding hydrogens is 385 g/mol. The largest absolute Gasteiger partial charge is 0.369 e. The number of hydrogen-bond donors (Lipinski definition) is 1. The molecule has 1 aliphatic heterocycles. The van der Waals surface area contributed by atoms with Crippen LogP contribution >= 0.6 is 23.2 Å². The van der Waals surface area contributed by atoms with Gasteiger partial charge in [0, 0.05) is 55.7 Å². The zero-order chi connectivity index (χ0) is 18.3. The van der Waals surface area contributed by atoms with E-state index in [1.807, 2.05) is 24.3 Å². The lowest BCUT2D eigenvalue weighted by molar-refractivity contribution is -0.120. The number of benzene rings is 1. The molecule has 0 saturated carbocycles. The van der Waals surface area contributed by atoms with Crippen LogP contribution in [0.1, 0.15) is 12.8 Å². The van der Waals surface area contributed by atoms with Crippen LogP contribution in [0, 0.1) is 0 Å². The first-order valence-corrected chi connectivity index (χ1v) is 10.8. The number of nitrogens with one attached hydrogen (secondary N) is 1. The Morgan fingerprint density at radius 3 is 2.56 bits per heavy atom. The smallest absolute Gasteiger partial charge is 0.220 e. The Bertz CT molecular complexity index is 677. The summed E-state index contributed by atoms with van der Waals surface area (Å²) in [5.41, 5.74) is 0.996. The van der Waals surface area contributed by atoms with Crippen LogP contribution < -0.4 is 10.2 Å². The van der Waals surface area contributed by atoms with Gasteiger partial charge >= 0.3 is 0 Å². The summed E-state index contributed by atoms with van der Waals surface area (Å²) in [6.45, 7) is 2.20. The molecule has 1 N–H and O–H groups in total. The summed E-state index contributed by atoms with van der Waals surface area (Å²) in [6, 6.07) is 7.54. The molecule has 1 aliphatic rings. The molecule has 140 valence electrons. The van der Waals surface area contributed by atoms with Crippen LogP contribution in [0.5, 0.6) is 0 Å². The number of halogens is 2. The minimum atomic E-state index is -3.37. The van der Waals surface area contributed by atoms with E-state index in [-0.39, 0.29) is 18.2 Å². The molecule has 0 spiro atoms. The first-order valence-electron chi connectivity index (χ1n) is 8.23. The molecular formula is C16H23Cl2N3O3S. The third kappa shape index (κ3) is 6.33. The van der Waals surface area contributed by atoms with E-state index < -0.39 is 10.0 Å². The van der Waals surface area contributed by atoms with Crippen LogP contribution in [-0.4, -0.2) is 63.0 Å². The maximum absolute atomic E-state index is 12.4. The SMILES string of the molecule is O=C(CCCCl)NCCS(=O)(=O)N1CCN(c2cccc(Cl)c2)CC1. The number of carbonyl (C=O) groups is 1. The average Bonchev–Trinajstić information content (AvgIpc) is 2.60. The summed E-state index contributed by atoms with van der Waals surface area (Å²) in [6.07, 6.45) is 0.910. The van der Waals surface area contributed by atoms with Crippen LogP contribution in [0.15, 0.2) is 24.3 Å². The zero-order valence-electron chi connectivity index (χ0n) is 14.0. The topological polar surface area (TPSA) is 69.7 Å². The molecule has 1 fully saturated rings. The van der Waals surface area contributed by atoms with Crippen molar-refractivity contribution >= 4 is 44.8 Å².